The van der Waals surface area contributed by atoms with Gasteiger partial charge in [-0.05, 0) is 42.5 Å². The van der Waals surface area contributed by atoms with Crippen LogP contribution in [0.1, 0.15) is 5.56 Å². The molecule has 3 rings (SSSR count). The van der Waals surface area contributed by atoms with E-state index in [0.29, 0.717) is 10.9 Å². The Bertz CT molecular complexity index is 847. The predicted octanol–water partition coefficient (Wildman–Crippen LogP) is 5.54. The summed E-state index contributed by atoms with van der Waals surface area (Å²) in [6.07, 6.45) is 0. The summed E-state index contributed by atoms with van der Waals surface area (Å²) >= 11 is 6.06. The van der Waals surface area contributed by atoms with Crippen LogP contribution in [0.25, 0.3) is 0 Å². The molecule has 3 nitrogen and oxygen atoms in total. The van der Waals surface area contributed by atoms with Crippen molar-refractivity contribution in [3.8, 4) is 5.75 Å². The molecule has 0 bridgehead atoms. The standard InChI is InChI=1S/C20H17ClN2O/c1-22-20(24-17-10-3-2-4-11-17)18-12-5-6-13-19(18)23-16-9-7-8-15(21)14-16/h2-14,23H,1H3. The van der Waals surface area contributed by atoms with Crippen LogP contribution >= 0.6 is 11.6 Å². The Morgan fingerprint density at radius 2 is 1.67 bits per heavy atom. The van der Waals surface area contributed by atoms with Crippen LogP contribution in [0.3, 0.4) is 0 Å². The number of ether oxygens (including phenoxy) is 1. The lowest BCUT2D eigenvalue weighted by molar-refractivity contribution is 0.551. The van der Waals surface area contributed by atoms with Crippen molar-refractivity contribution in [2.24, 2.45) is 4.99 Å². The van der Waals surface area contributed by atoms with Gasteiger partial charge in [0.1, 0.15) is 5.75 Å². The second-order valence-corrected chi connectivity index (χ2v) is 5.56. The highest BCUT2D eigenvalue weighted by atomic mass is 35.5. The van der Waals surface area contributed by atoms with Crippen molar-refractivity contribution in [3.05, 3.63) is 89.4 Å². The maximum atomic E-state index is 6.06. The first-order valence-electron chi connectivity index (χ1n) is 7.58. The first-order valence-corrected chi connectivity index (χ1v) is 7.96. The molecule has 120 valence electrons. The predicted molar refractivity (Wildman–Crippen MR) is 101 cm³/mol. The van der Waals surface area contributed by atoms with E-state index in [1.165, 1.54) is 0 Å². The third-order valence-electron chi connectivity index (χ3n) is 3.42. The minimum Gasteiger partial charge on any atom is -0.439 e. The number of anilines is 2. The van der Waals surface area contributed by atoms with Crippen molar-refractivity contribution >= 4 is 28.9 Å². The molecule has 0 aliphatic heterocycles. The van der Waals surface area contributed by atoms with Gasteiger partial charge < -0.3 is 10.1 Å². The molecule has 0 amide bonds. The molecule has 0 spiro atoms. The Balaban J connectivity index is 1.90. The third-order valence-corrected chi connectivity index (χ3v) is 3.66. The number of halogens is 1. The quantitative estimate of drug-likeness (QED) is 0.501. The van der Waals surface area contributed by atoms with E-state index in [4.69, 9.17) is 16.3 Å². The number of aliphatic imine (C=N–C) groups is 1. The van der Waals surface area contributed by atoms with Crippen molar-refractivity contribution in [1.29, 1.82) is 0 Å². The molecule has 0 aromatic heterocycles. The zero-order chi connectivity index (χ0) is 16.8. The number of nitrogens with one attached hydrogen (secondary N) is 1. The molecule has 0 saturated carbocycles. The van der Waals surface area contributed by atoms with E-state index in [2.05, 4.69) is 10.3 Å². The largest absolute Gasteiger partial charge is 0.439 e. The highest BCUT2D eigenvalue weighted by Gasteiger charge is 2.11. The Labute approximate surface area is 146 Å². The zero-order valence-corrected chi connectivity index (χ0v) is 14.0. The monoisotopic (exact) mass is 336 g/mol. The molecule has 0 heterocycles. The van der Waals surface area contributed by atoms with Crippen LogP contribution in [0, 0.1) is 0 Å². The van der Waals surface area contributed by atoms with Gasteiger partial charge in [0.05, 0.1) is 11.3 Å². The Kier molecular flexibility index (Phi) is 5.14. The van der Waals surface area contributed by atoms with Crippen LogP contribution in [0.5, 0.6) is 5.75 Å². The fraction of sp³-hybridized carbons (Fsp3) is 0.0500. The SMILES string of the molecule is CN=C(Oc1ccccc1)c1ccccc1Nc1cccc(Cl)c1. The molecule has 0 aliphatic rings. The van der Waals surface area contributed by atoms with E-state index in [1.54, 1.807) is 7.05 Å². The van der Waals surface area contributed by atoms with Gasteiger partial charge in [0.15, 0.2) is 0 Å². The van der Waals surface area contributed by atoms with E-state index in [0.717, 1.165) is 22.7 Å². The van der Waals surface area contributed by atoms with E-state index in [9.17, 15) is 0 Å². The van der Waals surface area contributed by atoms with Gasteiger partial charge in [-0.3, -0.25) is 4.99 Å². The fourth-order valence-corrected chi connectivity index (χ4v) is 2.51. The van der Waals surface area contributed by atoms with E-state index in [-0.39, 0.29) is 0 Å². The number of hydrogen-bond acceptors (Lipinski definition) is 3. The fourth-order valence-electron chi connectivity index (χ4n) is 2.32. The number of hydrogen-bond donors (Lipinski definition) is 1. The zero-order valence-electron chi connectivity index (χ0n) is 13.2. The number of para-hydroxylation sites is 2. The van der Waals surface area contributed by atoms with Crippen molar-refractivity contribution in [2.75, 3.05) is 12.4 Å². The Hall–Kier alpha value is -2.78. The van der Waals surface area contributed by atoms with E-state index < -0.39 is 0 Å². The molecule has 3 aromatic rings. The normalized spacial score (nSPS) is 11.2. The highest BCUT2D eigenvalue weighted by Crippen LogP contribution is 2.24. The molecular formula is C20H17ClN2O. The molecule has 1 N–H and O–H groups in total. The summed E-state index contributed by atoms with van der Waals surface area (Å²) in [5.74, 6) is 1.29. The molecule has 24 heavy (non-hydrogen) atoms. The topological polar surface area (TPSA) is 33.6 Å². The third kappa shape index (κ3) is 3.94. The van der Waals surface area contributed by atoms with Crippen LogP contribution in [0.15, 0.2) is 83.9 Å². The number of rotatable bonds is 4. The summed E-state index contributed by atoms with van der Waals surface area (Å²) in [5, 5.41) is 4.05. The van der Waals surface area contributed by atoms with Crippen molar-refractivity contribution in [2.45, 2.75) is 0 Å². The summed E-state index contributed by atoms with van der Waals surface area (Å²) in [6.45, 7) is 0. The van der Waals surface area contributed by atoms with Gasteiger partial charge in [0, 0.05) is 17.8 Å². The summed E-state index contributed by atoms with van der Waals surface area (Å²) in [7, 11) is 1.72. The average Bonchev–Trinajstić information content (AvgIpc) is 2.61. The molecule has 4 heteroatoms. The first kappa shape index (κ1) is 16.1. The van der Waals surface area contributed by atoms with Crippen LogP contribution in [0.4, 0.5) is 11.4 Å². The molecule has 0 unspecified atom stereocenters. The summed E-state index contributed by atoms with van der Waals surface area (Å²) in [6, 6.07) is 25.1. The second kappa shape index (κ2) is 7.66. The average molecular weight is 337 g/mol. The van der Waals surface area contributed by atoms with Crippen molar-refractivity contribution in [1.82, 2.24) is 0 Å². The van der Waals surface area contributed by atoms with Crippen molar-refractivity contribution < 1.29 is 4.74 Å². The number of nitrogens with zero attached hydrogens (tertiary/aromatic N) is 1. The van der Waals surface area contributed by atoms with Crippen LogP contribution < -0.4 is 10.1 Å². The van der Waals surface area contributed by atoms with Gasteiger partial charge in [0.25, 0.3) is 0 Å². The van der Waals surface area contributed by atoms with Crippen LogP contribution in [0.2, 0.25) is 5.02 Å². The van der Waals surface area contributed by atoms with Gasteiger partial charge in [-0.1, -0.05) is 48.0 Å². The van der Waals surface area contributed by atoms with Gasteiger partial charge in [0.2, 0.25) is 5.90 Å². The summed E-state index contributed by atoms with van der Waals surface area (Å²) < 4.78 is 5.94. The van der Waals surface area contributed by atoms with Gasteiger partial charge in [-0.25, -0.2) is 0 Å². The van der Waals surface area contributed by atoms with Gasteiger partial charge in [-0.15, -0.1) is 0 Å². The maximum Gasteiger partial charge on any atom is 0.223 e. The smallest absolute Gasteiger partial charge is 0.223 e. The second-order valence-electron chi connectivity index (χ2n) is 5.12. The van der Waals surface area contributed by atoms with Gasteiger partial charge >= 0.3 is 0 Å². The molecule has 0 saturated heterocycles. The van der Waals surface area contributed by atoms with E-state index >= 15 is 0 Å². The van der Waals surface area contributed by atoms with Crippen molar-refractivity contribution in [3.63, 3.8) is 0 Å². The number of benzene rings is 3. The summed E-state index contributed by atoms with van der Waals surface area (Å²) in [4.78, 5) is 4.30. The molecule has 0 aliphatic carbocycles. The highest BCUT2D eigenvalue weighted by molar-refractivity contribution is 6.30. The first-order chi connectivity index (χ1) is 11.8. The Morgan fingerprint density at radius 1 is 0.917 bits per heavy atom. The molecular weight excluding hydrogens is 320 g/mol. The summed E-state index contributed by atoms with van der Waals surface area (Å²) in [5.41, 5.74) is 2.69. The maximum absolute atomic E-state index is 6.06. The Morgan fingerprint density at radius 3 is 2.42 bits per heavy atom. The lowest BCUT2D eigenvalue weighted by atomic mass is 10.1. The molecule has 3 aromatic carbocycles. The van der Waals surface area contributed by atoms with Crippen LogP contribution in [-0.4, -0.2) is 12.9 Å². The lowest BCUT2D eigenvalue weighted by Gasteiger charge is -2.14. The molecule has 0 radical (unpaired) electrons. The van der Waals surface area contributed by atoms with E-state index in [1.807, 2.05) is 78.9 Å². The van der Waals surface area contributed by atoms with Gasteiger partial charge in [-0.2, -0.15) is 0 Å². The lowest BCUT2D eigenvalue weighted by Crippen LogP contribution is -2.12. The van der Waals surface area contributed by atoms with Crippen LogP contribution in [-0.2, 0) is 0 Å². The minimum absolute atomic E-state index is 0.548. The minimum atomic E-state index is 0.548. The molecule has 0 atom stereocenters. The molecule has 0 fully saturated rings.